The van der Waals surface area contributed by atoms with Crippen LogP contribution >= 0.6 is 11.3 Å². The van der Waals surface area contributed by atoms with Crippen LogP contribution in [0.1, 0.15) is 32.8 Å². The van der Waals surface area contributed by atoms with Gasteiger partial charge in [0.1, 0.15) is 0 Å². The molecule has 1 aromatic carbocycles. The van der Waals surface area contributed by atoms with Crippen LogP contribution in [0.5, 0.6) is 0 Å². The highest BCUT2D eigenvalue weighted by atomic mass is 32.1. The van der Waals surface area contributed by atoms with Crippen molar-refractivity contribution < 1.29 is 14.7 Å². The molecule has 5 nitrogen and oxygen atoms in total. The van der Waals surface area contributed by atoms with E-state index in [2.05, 4.69) is 10.3 Å². The van der Waals surface area contributed by atoms with Crippen molar-refractivity contribution in [2.75, 3.05) is 5.32 Å². The third kappa shape index (κ3) is 2.97. The van der Waals surface area contributed by atoms with E-state index >= 15 is 0 Å². The molecule has 2 rings (SSSR count). The molecule has 19 heavy (non-hydrogen) atoms. The summed E-state index contributed by atoms with van der Waals surface area (Å²) in [4.78, 5) is 26.4. The van der Waals surface area contributed by atoms with Gasteiger partial charge in [-0.2, -0.15) is 0 Å². The number of anilines is 1. The molecule has 0 radical (unpaired) electrons. The number of carboxylic acids is 1. The van der Waals surface area contributed by atoms with Crippen LogP contribution in [-0.4, -0.2) is 22.0 Å². The van der Waals surface area contributed by atoms with Gasteiger partial charge in [-0.15, -0.1) is 11.3 Å². The third-order valence-corrected chi connectivity index (χ3v) is 3.41. The van der Waals surface area contributed by atoms with Gasteiger partial charge < -0.3 is 10.4 Å². The van der Waals surface area contributed by atoms with E-state index in [4.69, 9.17) is 5.11 Å². The number of para-hydroxylation sites is 1. The van der Waals surface area contributed by atoms with Crippen LogP contribution in [0.4, 0.5) is 5.69 Å². The van der Waals surface area contributed by atoms with E-state index in [-0.39, 0.29) is 10.7 Å². The minimum atomic E-state index is -1.13. The smallest absolute Gasteiger partial charge is 0.355 e. The van der Waals surface area contributed by atoms with E-state index < -0.39 is 11.9 Å². The molecule has 0 aliphatic rings. The van der Waals surface area contributed by atoms with Crippen LogP contribution < -0.4 is 5.32 Å². The van der Waals surface area contributed by atoms with Crippen molar-refractivity contribution in [3.63, 3.8) is 0 Å². The van der Waals surface area contributed by atoms with E-state index in [1.165, 1.54) is 5.38 Å². The lowest BCUT2D eigenvalue weighted by molar-refractivity contribution is 0.0691. The molecule has 1 aromatic heterocycles. The van der Waals surface area contributed by atoms with Gasteiger partial charge in [-0.1, -0.05) is 25.1 Å². The lowest BCUT2D eigenvalue weighted by atomic mass is 10.1. The fourth-order valence-electron chi connectivity index (χ4n) is 1.60. The van der Waals surface area contributed by atoms with Crippen molar-refractivity contribution in [1.29, 1.82) is 0 Å². The standard InChI is InChI=1S/C13H12N2O3S/c1-2-8-5-3-4-6-9(8)14-11(16)12-15-10(7-19-12)13(17)18/h3-7H,2H2,1H3,(H,14,16)(H,17,18). The van der Waals surface area contributed by atoms with Gasteiger partial charge in [0.05, 0.1) is 0 Å². The molecule has 0 saturated heterocycles. The highest BCUT2D eigenvalue weighted by molar-refractivity contribution is 7.12. The Morgan fingerprint density at radius 3 is 2.74 bits per heavy atom. The molecule has 0 atom stereocenters. The van der Waals surface area contributed by atoms with Gasteiger partial charge in [0, 0.05) is 11.1 Å². The molecule has 6 heteroatoms. The van der Waals surface area contributed by atoms with E-state index in [1.54, 1.807) is 0 Å². The van der Waals surface area contributed by atoms with Crippen molar-refractivity contribution in [3.8, 4) is 0 Å². The first-order chi connectivity index (χ1) is 9.11. The highest BCUT2D eigenvalue weighted by Crippen LogP contribution is 2.18. The van der Waals surface area contributed by atoms with Crippen molar-refractivity contribution in [2.45, 2.75) is 13.3 Å². The lowest BCUT2D eigenvalue weighted by Crippen LogP contribution is -2.13. The quantitative estimate of drug-likeness (QED) is 0.899. The summed E-state index contributed by atoms with van der Waals surface area (Å²) >= 11 is 1.01. The van der Waals surface area contributed by atoms with Gasteiger partial charge in [0.15, 0.2) is 10.7 Å². The molecule has 1 heterocycles. The molecule has 1 amide bonds. The molecule has 0 fully saturated rings. The zero-order chi connectivity index (χ0) is 13.8. The molecule has 2 aromatic rings. The zero-order valence-corrected chi connectivity index (χ0v) is 11.0. The Kier molecular flexibility index (Phi) is 3.91. The Hall–Kier alpha value is -2.21. The highest BCUT2D eigenvalue weighted by Gasteiger charge is 2.15. The van der Waals surface area contributed by atoms with E-state index in [0.29, 0.717) is 0 Å². The molecular weight excluding hydrogens is 264 g/mol. The summed E-state index contributed by atoms with van der Waals surface area (Å²) in [5.74, 6) is -1.53. The Morgan fingerprint density at radius 2 is 2.11 bits per heavy atom. The molecular formula is C13H12N2O3S. The Balaban J connectivity index is 2.18. The number of aromatic carboxylic acids is 1. The fraction of sp³-hybridized carbons (Fsp3) is 0.154. The molecule has 98 valence electrons. The minimum absolute atomic E-state index is 0.112. The van der Waals surface area contributed by atoms with Crippen molar-refractivity contribution in [3.05, 3.63) is 45.9 Å². The Morgan fingerprint density at radius 1 is 1.37 bits per heavy atom. The van der Waals surface area contributed by atoms with Gasteiger partial charge >= 0.3 is 5.97 Å². The summed E-state index contributed by atoms with van der Waals surface area (Å²) in [6.45, 7) is 2.00. The summed E-state index contributed by atoms with van der Waals surface area (Å²) < 4.78 is 0. The van der Waals surface area contributed by atoms with Crippen molar-refractivity contribution in [1.82, 2.24) is 4.98 Å². The second kappa shape index (κ2) is 5.62. The molecule has 2 N–H and O–H groups in total. The molecule has 0 bridgehead atoms. The van der Waals surface area contributed by atoms with Gasteiger partial charge in [0.25, 0.3) is 5.91 Å². The second-order valence-electron chi connectivity index (χ2n) is 3.81. The van der Waals surface area contributed by atoms with E-state index in [0.717, 1.165) is 29.0 Å². The Bertz CT molecular complexity index is 622. The van der Waals surface area contributed by atoms with Gasteiger partial charge in [0.2, 0.25) is 0 Å². The summed E-state index contributed by atoms with van der Waals surface area (Å²) in [6, 6.07) is 7.47. The van der Waals surface area contributed by atoms with Crippen LogP contribution in [0.15, 0.2) is 29.6 Å². The first-order valence-corrected chi connectivity index (χ1v) is 6.58. The Labute approximate surface area is 113 Å². The summed E-state index contributed by atoms with van der Waals surface area (Å²) in [5.41, 5.74) is 1.63. The van der Waals surface area contributed by atoms with Crippen LogP contribution in [0, 0.1) is 0 Å². The summed E-state index contributed by atoms with van der Waals surface area (Å²) in [6.07, 6.45) is 0.800. The number of aromatic nitrogens is 1. The van der Waals surface area contributed by atoms with Crippen molar-refractivity contribution >= 4 is 28.9 Å². The fourth-order valence-corrected chi connectivity index (χ4v) is 2.29. The maximum Gasteiger partial charge on any atom is 0.355 e. The largest absolute Gasteiger partial charge is 0.476 e. The monoisotopic (exact) mass is 276 g/mol. The number of hydrogen-bond acceptors (Lipinski definition) is 4. The number of hydrogen-bond donors (Lipinski definition) is 2. The summed E-state index contributed by atoms with van der Waals surface area (Å²) in [7, 11) is 0. The number of aryl methyl sites for hydroxylation is 1. The average molecular weight is 276 g/mol. The van der Waals surface area contributed by atoms with Crippen LogP contribution in [0.3, 0.4) is 0 Å². The minimum Gasteiger partial charge on any atom is -0.476 e. The average Bonchev–Trinajstić information content (AvgIpc) is 2.89. The first kappa shape index (κ1) is 13.2. The molecule has 0 spiro atoms. The van der Waals surface area contributed by atoms with Gasteiger partial charge in [-0.05, 0) is 18.1 Å². The number of amides is 1. The number of rotatable bonds is 4. The maximum absolute atomic E-state index is 12.0. The van der Waals surface area contributed by atoms with Gasteiger partial charge in [-0.3, -0.25) is 4.79 Å². The van der Waals surface area contributed by atoms with E-state index in [1.807, 2.05) is 31.2 Å². The second-order valence-corrected chi connectivity index (χ2v) is 4.67. The molecule has 0 aliphatic heterocycles. The molecule has 0 aliphatic carbocycles. The normalized spacial score (nSPS) is 10.2. The number of thiazole rings is 1. The van der Waals surface area contributed by atoms with Gasteiger partial charge in [-0.25, -0.2) is 9.78 Å². The summed E-state index contributed by atoms with van der Waals surface area (Å²) in [5, 5.41) is 13.0. The number of carboxylic acid groups (broad SMARTS) is 1. The molecule has 0 unspecified atom stereocenters. The van der Waals surface area contributed by atoms with Crippen LogP contribution in [0.25, 0.3) is 0 Å². The number of nitrogens with one attached hydrogen (secondary N) is 1. The van der Waals surface area contributed by atoms with E-state index in [9.17, 15) is 9.59 Å². The number of carbonyl (C=O) groups excluding carboxylic acids is 1. The predicted octanol–water partition coefficient (Wildman–Crippen LogP) is 2.66. The lowest BCUT2D eigenvalue weighted by Gasteiger charge is -2.07. The zero-order valence-electron chi connectivity index (χ0n) is 10.2. The predicted molar refractivity (Wildman–Crippen MR) is 72.8 cm³/mol. The topological polar surface area (TPSA) is 79.3 Å². The van der Waals surface area contributed by atoms with Crippen molar-refractivity contribution in [2.24, 2.45) is 0 Å². The number of nitrogens with zero attached hydrogens (tertiary/aromatic N) is 1. The number of carbonyl (C=O) groups is 2. The SMILES string of the molecule is CCc1ccccc1NC(=O)c1nc(C(=O)O)cs1. The van der Waals surface area contributed by atoms with Crippen LogP contribution in [-0.2, 0) is 6.42 Å². The molecule has 0 saturated carbocycles. The first-order valence-electron chi connectivity index (χ1n) is 5.70. The van der Waals surface area contributed by atoms with Crippen LogP contribution in [0.2, 0.25) is 0 Å². The third-order valence-electron chi connectivity index (χ3n) is 2.56. The number of benzene rings is 1. The maximum atomic E-state index is 12.0.